The molecule has 1 atom stereocenters. The summed E-state index contributed by atoms with van der Waals surface area (Å²) >= 11 is 0. The molecule has 9 heteroatoms. The van der Waals surface area contributed by atoms with E-state index < -0.39 is 17.9 Å². The molecule has 0 saturated carbocycles. The molecule has 1 aromatic heterocycles. The van der Waals surface area contributed by atoms with Gasteiger partial charge in [-0.05, 0) is 42.9 Å². The van der Waals surface area contributed by atoms with Crippen LogP contribution in [0.15, 0.2) is 12.3 Å². The van der Waals surface area contributed by atoms with Crippen LogP contribution in [-0.4, -0.2) is 82.9 Å². The van der Waals surface area contributed by atoms with Crippen molar-refractivity contribution < 1.29 is 23.4 Å². The highest BCUT2D eigenvalue weighted by molar-refractivity contribution is 5.85. The zero-order chi connectivity index (χ0) is 21.6. The first-order valence-corrected chi connectivity index (χ1v) is 11.1. The standard InChI is InChI=1S/C22H28F2N4O3/c23-22(24,21(30)19-17-2-1-14(17)11-15-12-25-26-20(15)19)16-3-5-28(6-4-16)18(29)13-27-7-9-31-10-8-27/h11-12,16,21,30H,1-10,13H2,(H,25,26)/t21-/m1/s1. The number of benzene rings is 1. The van der Waals surface area contributed by atoms with Gasteiger partial charge in [0.05, 0.1) is 31.5 Å². The molecule has 7 nitrogen and oxygen atoms in total. The summed E-state index contributed by atoms with van der Waals surface area (Å²) in [5.41, 5.74) is 2.64. The number of H-pyrrole nitrogens is 1. The van der Waals surface area contributed by atoms with Crippen LogP contribution < -0.4 is 0 Å². The minimum Gasteiger partial charge on any atom is -0.382 e. The van der Waals surface area contributed by atoms with E-state index in [4.69, 9.17) is 4.74 Å². The Hall–Kier alpha value is -2.10. The molecule has 31 heavy (non-hydrogen) atoms. The van der Waals surface area contributed by atoms with Crippen LogP contribution in [0.3, 0.4) is 0 Å². The van der Waals surface area contributed by atoms with E-state index in [0.29, 0.717) is 50.3 Å². The number of aliphatic hydroxyl groups is 1. The number of carbonyl (C=O) groups is 1. The zero-order valence-corrected chi connectivity index (χ0v) is 17.4. The van der Waals surface area contributed by atoms with Gasteiger partial charge in [0.1, 0.15) is 6.10 Å². The highest BCUT2D eigenvalue weighted by atomic mass is 19.3. The summed E-state index contributed by atoms with van der Waals surface area (Å²) in [7, 11) is 0. The number of amides is 1. The topological polar surface area (TPSA) is 81.7 Å². The first-order chi connectivity index (χ1) is 14.9. The van der Waals surface area contributed by atoms with Crippen molar-refractivity contribution in [1.82, 2.24) is 20.0 Å². The van der Waals surface area contributed by atoms with Crippen LogP contribution in [0.1, 0.15) is 35.6 Å². The van der Waals surface area contributed by atoms with Crippen molar-refractivity contribution in [3.8, 4) is 0 Å². The molecule has 5 rings (SSSR count). The molecule has 1 amide bonds. The van der Waals surface area contributed by atoms with E-state index in [-0.39, 0.29) is 18.7 Å². The Morgan fingerprint density at radius 2 is 2.00 bits per heavy atom. The second-order valence-electron chi connectivity index (χ2n) is 8.88. The quantitative estimate of drug-likeness (QED) is 0.751. The van der Waals surface area contributed by atoms with Gasteiger partial charge in [-0.25, -0.2) is 8.78 Å². The highest BCUT2D eigenvalue weighted by Gasteiger charge is 2.50. The second-order valence-corrected chi connectivity index (χ2v) is 8.88. The number of aromatic amines is 1. The Balaban J connectivity index is 1.26. The van der Waals surface area contributed by atoms with Crippen LogP contribution in [0.5, 0.6) is 0 Å². The lowest BCUT2D eigenvalue weighted by molar-refractivity contribution is -0.164. The number of halogens is 2. The number of hydrogen-bond acceptors (Lipinski definition) is 5. The summed E-state index contributed by atoms with van der Waals surface area (Å²) in [5, 5.41) is 18.4. The summed E-state index contributed by atoms with van der Waals surface area (Å²) in [5.74, 6) is -4.26. The van der Waals surface area contributed by atoms with Gasteiger partial charge in [0.2, 0.25) is 5.91 Å². The predicted octanol–water partition coefficient (Wildman–Crippen LogP) is 1.90. The number of aliphatic hydroxyl groups excluding tert-OH is 1. The zero-order valence-electron chi connectivity index (χ0n) is 17.4. The van der Waals surface area contributed by atoms with E-state index in [0.717, 1.165) is 36.0 Å². The van der Waals surface area contributed by atoms with Crippen LogP contribution in [0, 0.1) is 5.92 Å². The van der Waals surface area contributed by atoms with Crippen molar-refractivity contribution in [2.24, 2.45) is 5.92 Å². The Labute approximate surface area is 179 Å². The lowest BCUT2D eigenvalue weighted by Gasteiger charge is -2.39. The van der Waals surface area contributed by atoms with Crippen LogP contribution in [-0.2, 0) is 22.4 Å². The van der Waals surface area contributed by atoms with Gasteiger partial charge >= 0.3 is 0 Å². The average Bonchev–Trinajstić information content (AvgIpc) is 3.23. The minimum atomic E-state index is -3.28. The Morgan fingerprint density at radius 3 is 2.68 bits per heavy atom. The number of nitrogens with zero attached hydrogens (tertiary/aromatic N) is 3. The number of aromatic nitrogens is 2. The number of alkyl halides is 2. The summed E-state index contributed by atoms with van der Waals surface area (Å²) in [6, 6.07) is 1.96. The Kier molecular flexibility index (Phi) is 5.44. The number of piperidine rings is 1. The van der Waals surface area contributed by atoms with E-state index in [1.807, 2.05) is 11.0 Å². The third kappa shape index (κ3) is 3.72. The number of fused-ring (bicyclic) bond motifs is 2. The van der Waals surface area contributed by atoms with Crippen molar-refractivity contribution >= 4 is 16.8 Å². The van der Waals surface area contributed by atoms with Gasteiger partial charge < -0.3 is 14.7 Å². The largest absolute Gasteiger partial charge is 0.382 e. The van der Waals surface area contributed by atoms with Gasteiger partial charge in [0.15, 0.2) is 0 Å². The van der Waals surface area contributed by atoms with Gasteiger partial charge in [-0.2, -0.15) is 5.10 Å². The number of nitrogens with one attached hydrogen (secondary N) is 1. The molecule has 2 N–H and O–H groups in total. The molecule has 3 heterocycles. The lowest BCUT2D eigenvalue weighted by Crippen LogP contribution is -2.49. The minimum absolute atomic E-state index is 0.0206. The van der Waals surface area contributed by atoms with E-state index >= 15 is 8.78 Å². The number of carbonyl (C=O) groups excluding carboxylic acids is 1. The summed E-state index contributed by atoms with van der Waals surface area (Å²) in [4.78, 5) is 16.3. The van der Waals surface area contributed by atoms with Gasteiger partial charge in [0, 0.05) is 43.0 Å². The van der Waals surface area contributed by atoms with Crippen LogP contribution in [0.25, 0.3) is 10.9 Å². The number of rotatable bonds is 5. The van der Waals surface area contributed by atoms with Crippen molar-refractivity contribution in [2.45, 2.75) is 37.7 Å². The monoisotopic (exact) mass is 434 g/mol. The number of likely N-dealkylation sites (tertiary alicyclic amines) is 1. The first-order valence-electron chi connectivity index (χ1n) is 11.1. The fraction of sp³-hybridized carbons (Fsp3) is 0.636. The van der Waals surface area contributed by atoms with Gasteiger partial charge in [-0.3, -0.25) is 14.8 Å². The number of hydrogen-bond donors (Lipinski definition) is 2. The molecule has 2 saturated heterocycles. The van der Waals surface area contributed by atoms with Crippen LogP contribution >= 0.6 is 0 Å². The smallest absolute Gasteiger partial charge is 0.280 e. The summed E-state index contributed by atoms with van der Waals surface area (Å²) < 4.78 is 36.2. The van der Waals surface area contributed by atoms with E-state index in [9.17, 15) is 9.90 Å². The average molecular weight is 434 g/mol. The molecular formula is C22H28F2N4O3. The molecule has 1 aromatic carbocycles. The number of morpholine rings is 1. The molecular weight excluding hydrogens is 406 g/mol. The predicted molar refractivity (Wildman–Crippen MR) is 110 cm³/mol. The van der Waals surface area contributed by atoms with Gasteiger partial charge in [-0.1, -0.05) is 0 Å². The normalized spacial score (nSPS) is 21.7. The van der Waals surface area contributed by atoms with Crippen molar-refractivity contribution in [1.29, 1.82) is 0 Å². The Morgan fingerprint density at radius 1 is 1.26 bits per heavy atom. The van der Waals surface area contributed by atoms with Gasteiger partial charge in [0.25, 0.3) is 5.92 Å². The molecule has 2 aromatic rings. The van der Waals surface area contributed by atoms with E-state index in [2.05, 4.69) is 10.2 Å². The molecule has 2 aliphatic heterocycles. The number of aryl methyl sites for hydroxylation is 1. The summed E-state index contributed by atoms with van der Waals surface area (Å²) in [6.07, 6.45) is 1.62. The molecule has 2 fully saturated rings. The van der Waals surface area contributed by atoms with Crippen LogP contribution in [0.2, 0.25) is 0 Å². The Bertz CT molecular complexity index is 965. The maximum Gasteiger partial charge on any atom is 0.280 e. The first kappa shape index (κ1) is 20.8. The van der Waals surface area contributed by atoms with Gasteiger partial charge in [-0.15, -0.1) is 0 Å². The van der Waals surface area contributed by atoms with Crippen LogP contribution in [0.4, 0.5) is 8.78 Å². The van der Waals surface area contributed by atoms with Crippen molar-refractivity contribution in [2.75, 3.05) is 45.9 Å². The highest BCUT2D eigenvalue weighted by Crippen LogP contribution is 2.46. The third-order valence-electron chi connectivity index (χ3n) is 7.12. The maximum absolute atomic E-state index is 15.4. The molecule has 1 aliphatic carbocycles. The lowest BCUT2D eigenvalue weighted by atomic mass is 9.77. The molecule has 168 valence electrons. The number of ether oxygens (including phenoxy) is 1. The fourth-order valence-electron chi connectivity index (χ4n) is 5.10. The molecule has 0 unspecified atom stereocenters. The SMILES string of the molecule is O=C(CN1CCOCC1)N1CCC(C(F)(F)[C@H](O)c2c3c(cc4cn[nH]c24)CC3)CC1. The second kappa shape index (κ2) is 8.11. The van der Waals surface area contributed by atoms with E-state index in [1.54, 1.807) is 11.1 Å². The third-order valence-corrected chi connectivity index (χ3v) is 7.12. The van der Waals surface area contributed by atoms with E-state index in [1.165, 1.54) is 0 Å². The van der Waals surface area contributed by atoms with Crippen molar-refractivity contribution in [3.63, 3.8) is 0 Å². The maximum atomic E-state index is 15.4. The molecule has 0 bridgehead atoms. The van der Waals surface area contributed by atoms with Crippen molar-refractivity contribution in [3.05, 3.63) is 29.0 Å². The fourth-order valence-corrected chi connectivity index (χ4v) is 5.10. The molecule has 0 radical (unpaired) electrons. The summed E-state index contributed by atoms with van der Waals surface area (Å²) in [6.45, 7) is 3.57. The molecule has 3 aliphatic rings. The molecule has 0 spiro atoms.